The summed E-state index contributed by atoms with van der Waals surface area (Å²) in [6.07, 6.45) is -1.77. The lowest BCUT2D eigenvalue weighted by molar-refractivity contribution is -0.256. The molecule has 2 aromatic carbocycles. The van der Waals surface area contributed by atoms with Crippen molar-refractivity contribution >= 4 is 24.7 Å². The van der Waals surface area contributed by atoms with Crippen molar-refractivity contribution in [2.24, 2.45) is 5.41 Å². The highest BCUT2D eigenvalue weighted by atomic mass is 28.4. The minimum absolute atomic E-state index is 0.0556. The molecule has 0 N–H and O–H groups in total. The summed E-state index contributed by atoms with van der Waals surface area (Å²) in [5.41, 5.74) is -1.82. The second-order valence-corrected chi connectivity index (χ2v) is 17.4. The van der Waals surface area contributed by atoms with Gasteiger partial charge in [0.25, 0.3) is 8.32 Å². The van der Waals surface area contributed by atoms with Crippen LogP contribution in [-0.4, -0.2) is 64.5 Å². The average molecular weight is 557 g/mol. The molecule has 214 valence electrons. The van der Waals surface area contributed by atoms with Crippen molar-refractivity contribution in [3.8, 4) is 0 Å². The average Bonchev–Trinajstić information content (AvgIpc) is 3.30. The van der Waals surface area contributed by atoms with Crippen molar-refractivity contribution in [1.29, 1.82) is 0 Å². The molecule has 4 atom stereocenters. The lowest BCUT2D eigenvalue weighted by atomic mass is 9.95. The molecule has 2 fully saturated rings. The Balaban J connectivity index is 1.78. The number of hydrogen-bond acceptors (Lipinski definition) is 7. The molecule has 0 spiro atoms. The maximum Gasteiger partial charge on any atom is 0.311 e. The molecule has 2 saturated heterocycles. The molecule has 0 saturated carbocycles. The Hall–Kier alpha value is -2.07. The summed E-state index contributed by atoms with van der Waals surface area (Å²) in [7, 11) is -1.30. The van der Waals surface area contributed by atoms with E-state index in [-0.39, 0.29) is 24.2 Å². The Morgan fingerprint density at radius 3 is 1.85 bits per heavy atom. The highest BCUT2D eigenvalue weighted by Crippen LogP contribution is 2.45. The lowest BCUT2D eigenvalue weighted by Crippen LogP contribution is -2.68. The van der Waals surface area contributed by atoms with Gasteiger partial charge in [-0.05, 0) is 50.0 Å². The van der Waals surface area contributed by atoms with E-state index in [2.05, 4.69) is 45.0 Å². The highest BCUT2D eigenvalue weighted by Gasteiger charge is 2.64. The van der Waals surface area contributed by atoms with E-state index < -0.39 is 43.6 Å². The molecule has 8 heteroatoms. The number of fused-ring (bicyclic) bond motifs is 1. The number of ether oxygens (including phenoxy) is 5. The van der Waals surface area contributed by atoms with Gasteiger partial charge in [-0.3, -0.25) is 4.79 Å². The standard InChI is InChI=1S/C31H44O7Si/c1-28(2,3)27(32)34-20-31(25(33-9)24-26(38-31)37-30(7,8)36-24)21-35-39(29(4,5)6,22-16-12-10-13-17-22)23-18-14-11-15-19-23/h10-19,24-26H,20-21H2,1-9H3/t24-,25+,26+,31-/m1/s1. The summed E-state index contributed by atoms with van der Waals surface area (Å²) in [5.74, 6) is -1.15. The van der Waals surface area contributed by atoms with E-state index in [1.165, 1.54) is 0 Å². The van der Waals surface area contributed by atoms with Gasteiger partial charge >= 0.3 is 5.97 Å². The van der Waals surface area contributed by atoms with Gasteiger partial charge in [0, 0.05) is 7.11 Å². The third kappa shape index (κ3) is 5.73. The van der Waals surface area contributed by atoms with Crippen LogP contribution >= 0.6 is 0 Å². The number of hydrogen-bond donors (Lipinski definition) is 0. The van der Waals surface area contributed by atoms with Crippen LogP contribution in [0.5, 0.6) is 0 Å². The minimum Gasteiger partial charge on any atom is -0.462 e. The third-order valence-electron chi connectivity index (χ3n) is 7.52. The lowest BCUT2D eigenvalue weighted by Gasteiger charge is -2.45. The summed E-state index contributed by atoms with van der Waals surface area (Å²) >= 11 is 0. The second kappa shape index (κ2) is 10.7. The van der Waals surface area contributed by atoms with E-state index in [9.17, 15) is 4.79 Å². The van der Waals surface area contributed by atoms with Crippen LogP contribution in [0.4, 0.5) is 0 Å². The number of esters is 1. The molecule has 7 nitrogen and oxygen atoms in total. The van der Waals surface area contributed by atoms with E-state index in [4.69, 9.17) is 28.1 Å². The predicted octanol–water partition coefficient (Wildman–Crippen LogP) is 4.41. The molecule has 0 aromatic heterocycles. The third-order valence-corrected chi connectivity index (χ3v) is 12.5. The van der Waals surface area contributed by atoms with E-state index in [0.717, 1.165) is 10.4 Å². The fourth-order valence-electron chi connectivity index (χ4n) is 5.67. The van der Waals surface area contributed by atoms with Crippen LogP contribution in [0.2, 0.25) is 5.04 Å². The summed E-state index contributed by atoms with van der Waals surface area (Å²) < 4.78 is 38.1. The van der Waals surface area contributed by atoms with Crippen LogP contribution < -0.4 is 10.4 Å². The number of rotatable bonds is 8. The minimum atomic E-state index is -2.92. The van der Waals surface area contributed by atoms with Crippen molar-refractivity contribution in [1.82, 2.24) is 0 Å². The monoisotopic (exact) mass is 556 g/mol. The van der Waals surface area contributed by atoms with Crippen LogP contribution in [-0.2, 0) is 32.9 Å². The van der Waals surface area contributed by atoms with Crippen LogP contribution in [0.25, 0.3) is 0 Å². The Labute approximate surface area is 234 Å². The second-order valence-electron chi connectivity index (χ2n) is 13.1. The Morgan fingerprint density at radius 2 is 1.38 bits per heavy atom. The molecule has 0 aliphatic carbocycles. The topological polar surface area (TPSA) is 72.5 Å². The molecule has 0 unspecified atom stereocenters. The zero-order chi connectivity index (χ0) is 28.7. The zero-order valence-corrected chi connectivity index (χ0v) is 25.8. The first-order valence-corrected chi connectivity index (χ1v) is 15.5. The number of benzene rings is 2. The first kappa shape index (κ1) is 29.9. The Morgan fingerprint density at radius 1 is 0.846 bits per heavy atom. The summed E-state index contributed by atoms with van der Waals surface area (Å²) in [5, 5.41) is 2.04. The van der Waals surface area contributed by atoms with Crippen LogP contribution in [0.3, 0.4) is 0 Å². The van der Waals surface area contributed by atoms with Gasteiger partial charge in [0.15, 0.2) is 17.7 Å². The molecule has 0 amide bonds. The molecule has 2 aliphatic rings. The quantitative estimate of drug-likeness (QED) is 0.352. The highest BCUT2D eigenvalue weighted by molar-refractivity contribution is 6.99. The molecule has 2 aliphatic heterocycles. The molecule has 0 bridgehead atoms. The number of carbonyl (C=O) groups excluding carboxylic acids is 1. The molecular formula is C31H44O7Si. The van der Waals surface area contributed by atoms with Crippen molar-refractivity contribution in [2.45, 2.75) is 90.3 Å². The fraction of sp³-hybridized carbons (Fsp3) is 0.581. The maximum absolute atomic E-state index is 12.9. The number of carbonyl (C=O) groups is 1. The summed E-state index contributed by atoms with van der Waals surface area (Å²) in [6.45, 7) is 15.9. The van der Waals surface area contributed by atoms with E-state index in [1.807, 2.05) is 71.0 Å². The molecule has 0 radical (unpaired) electrons. The van der Waals surface area contributed by atoms with Gasteiger partial charge in [0.2, 0.25) is 0 Å². The van der Waals surface area contributed by atoms with Crippen molar-refractivity contribution in [3.63, 3.8) is 0 Å². The summed E-state index contributed by atoms with van der Waals surface area (Å²) in [6, 6.07) is 20.8. The van der Waals surface area contributed by atoms with Gasteiger partial charge in [0.05, 0.1) is 12.0 Å². The van der Waals surface area contributed by atoms with Crippen LogP contribution in [0.1, 0.15) is 55.4 Å². The van der Waals surface area contributed by atoms with E-state index >= 15 is 0 Å². The molecule has 4 rings (SSSR count). The molecule has 2 aromatic rings. The molecule has 2 heterocycles. The van der Waals surface area contributed by atoms with Gasteiger partial charge < -0.3 is 28.1 Å². The van der Waals surface area contributed by atoms with Crippen molar-refractivity contribution < 1.29 is 32.9 Å². The molecule has 39 heavy (non-hydrogen) atoms. The van der Waals surface area contributed by atoms with Crippen LogP contribution in [0, 0.1) is 5.41 Å². The smallest absolute Gasteiger partial charge is 0.311 e. The van der Waals surface area contributed by atoms with Crippen molar-refractivity contribution in [2.75, 3.05) is 20.3 Å². The zero-order valence-electron chi connectivity index (χ0n) is 24.8. The first-order valence-electron chi connectivity index (χ1n) is 13.6. The van der Waals surface area contributed by atoms with E-state index in [0.29, 0.717) is 0 Å². The Kier molecular flexibility index (Phi) is 8.22. The fourth-order valence-corrected chi connectivity index (χ4v) is 10.3. The van der Waals surface area contributed by atoms with Gasteiger partial charge in [-0.1, -0.05) is 81.4 Å². The molecular weight excluding hydrogens is 512 g/mol. The summed E-state index contributed by atoms with van der Waals surface area (Å²) in [4.78, 5) is 12.9. The number of methoxy groups -OCH3 is 1. The van der Waals surface area contributed by atoms with Gasteiger partial charge in [-0.15, -0.1) is 0 Å². The van der Waals surface area contributed by atoms with E-state index in [1.54, 1.807) is 7.11 Å². The Bertz CT molecular complexity index is 1080. The van der Waals surface area contributed by atoms with Gasteiger partial charge in [-0.2, -0.15) is 0 Å². The maximum atomic E-state index is 12.9. The first-order chi connectivity index (χ1) is 18.2. The van der Waals surface area contributed by atoms with Gasteiger partial charge in [0.1, 0.15) is 18.8 Å². The normalized spacial score (nSPS) is 26.8. The SMILES string of the molecule is CO[C@H]1[C@H]2OC(C)(C)O[C@H]2O[C@]1(COC(=O)C(C)(C)C)CO[Si](c1ccccc1)(c1ccccc1)C(C)(C)C. The predicted molar refractivity (Wildman–Crippen MR) is 152 cm³/mol. The van der Waals surface area contributed by atoms with Crippen LogP contribution in [0.15, 0.2) is 60.7 Å². The van der Waals surface area contributed by atoms with Gasteiger partial charge in [-0.25, -0.2) is 0 Å². The largest absolute Gasteiger partial charge is 0.462 e. The van der Waals surface area contributed by atoms with Crippen molar-refractivity contribution in [3.05, 3.63) is 60.7 Å².